The molecule has 0 unspecified atom stereocenters. The van der Waals surface area contributed by atoms with Gasteiger partial charge in [-0.1, -0.05) is 113 Å². The Morgan fingerprint density at radius 2 is 0.625 bits per heavy atom. The number of nitrogens with zero attached hydrogens (tertiary/aromatic N) is 4. The maximum Gasteiger partial charge on any atom is 0.0366 e. The van der Waals surface area contributed by atoms with E-state index in [0.717, 1.165) is 26.2 Å². The number of hydrogen-bond donors (Lipinski definition) is 0. The van der Waals surface area contributed by atoms with Crippen LogP contribution in [0.4, 0.5) is 22.7 Å². The van der Waals surface area contributed by atoms with E-state index in [-0.39, 0.29) is 0 Å². The van der Waals surface area contributed by atoms with Crippen LogP contribution in [0.2, 0.25) is 0 Å². The van der Waals surface area contributed by atoms with E-state index in [1.54, 1.807) is 0 Å². The molecule has 0 aliphatic heterocycles. The Hall–Kier alpha value is -3.92. The molecule has 48 heavy (non-hydrogen) atoms. The zero-order chi connectivity index (χ0) is 35.2. The van der Waals surface area contributed by atoms with E-state index >= 15 is 0 Å². The maximum absolute atomic E-state index is 2.51. The van der Waals surface area contributed by atoms with Gasteiger partial charge in [0.1, 0.15) is 0 Å². The number of unbranched alkanes of at least 4 members (excludes halogenated alkanes) is 2. The molecule has 4 rings (SSSR count). The summed E-state index contributed by atoms with van der Waals surface area (Å²) in [6.45, 7) is 20.2. The average molecular weight is 653 g/mol. The van der Waals surface area contributed by atoms with Gasteiger partial charge in [-0.2, -0.15) is 0 Å². The summed E-state index contributed by atoms with van der Waals surface area (Å²) in [7, 11) is 4.07. The van der Waals surface area contributed by atoms with Crippen LogP contribution in [0.1, 0.15) is 80.1 Å². The van der Waals surface area contributed by atoms with Gasteiger partial charge in [-0.15, -0.1) is 0 Å². The molecule has 0 aliphatic rings. The van der Waals surface area contributed by atoms with E-state index in [9.17, 15) is 0 Å². The minimum absolute atomic E-state index is 1.08. The minimum atomic E-state index is 1.08. The molecule has 0 bridgehead atoms. The summed E-state index contributed by atoms with van der Waals surface area (Å²) in [6.07, 6.45) is 7.56. The number of benzene rings is 4. The lowest BCUT2D eigenvalue weighted by Gasteiger charge is -2.24. The Morgan fingerprint density at radius 1 is 0.333 bits per heavy atom. The van der Waals surface area contributed by atoms with Gasteiger partial charge in [0.2, 0.25) is 0 Å². The van der Waals surface area contributed by atoms with E-state index in [1.807, 2.05) is 38.4 Å². The molecule has 0 heterocycles. The van der Waals surface area contributed by atoms with Crippen LogP contribution < -0.4 is 19.6 Å². The molecule has 0 aromatic heterocycles. The monoisotopic (exact) mass is 653 g/mol. The fourth-order valence-corrected chi connectivity index (χ4v) is 5.21. The largest absolute Gasteiger partial charge is 0.378 e. The van der Waals surface area contributed by atoms with Crippen LogP contribution in [-0.4, -0.2) is 53.4 Å². The Balaban J connectivity index is 0.000000325. The van der Waals surface area contributed by atoms with E-state index < -0.39 is 0 Å². The van der Waals surface area contributed by atoms with Crippen molar-refractivity contribution < 1.29 is 0 Å². The van der Waals surface area contributed by atoms with Gasteiger partial charge in [0.05, 0.1) is 0 Å². The lowest BCUT2D eigenvalue weighted by Crippen LogP contribution is -2.25. The van der Waals surface area contributed by atoms with Crippen molar-refractivity contribution in [1.82, 2.24) is 0 Å². The molecule has 0 saturated carbocycles. The fraction of sp³-hybridized carbons (Fsp3) is 0.455. The molecular weight excluding hydrogens is 585 g/mol. The second kappa shape index (κ2) is 28.1. The van der Waals surface area contributed by atoms with Crippen molar-refractivity contribution in [3.63, 3.8) is 0 Å². The summed E-state index contributed by atoms with van der Waals surface area (Å²) in [5.41, 5.74) is 5.29. The summed E-state index contributed by atoms with van der Waals surface area (Å²) >= 11 is 0. The quantitative estimate of drug-likeness (QED) is 0.119. The van der Waals surface area contributed by atoms with Gasteiger partial charge in [-0.3, -0.25) is 0 Å². The third-order valence-corrected chi connectivity index (χ3v) is 7.95. The van der Waals surface area contributed by atoms with Gasteiger partial charge in [0.25, 0.3) is 0 Å². The highest BCUT2D eigenvalue weighted by Crippen LogP contribution is 2.16. The van der Waals surface area contributed by atoms with Crippen LogP contribution in [0.5, 0.6) is 0 Å². The first-order valence-electron chi connectivity index (χ1n) is 18.6. The molecule has 4 aromatic rings. The predicted molar refractivity (Wildman–Crippen MR) is 218 cm³/mol. The van der Waals surface area contributed by atoms with Crippen molar-refractivity contribution in [2.24, 2.45) is 0 Å². The molecular formula is C44H68N4. The van der Waals surface area contributed by atoms with E-state index in [2.05, 4.69) is 158 Å². The SMILES string of the molecule is CCCCN(CCCC)c1ccccc1.CCCN(CCC)c1ccccc1.CCN(CC)c1ccccc1.CN(C)c1ccccc1. The molecule has 0 fully saturated rings. The van der Waals surface area contributed by atoms with E-state index in [0.29, 0.717) is 0 Å². The molecule has 4 aromatic carbocycles. The molecule has 0 spiro atoms. The summed E-state index contributed by atoms with van der Waals surface area (Å²) in [5.74, 6) is 0. The van der Waals surface area contributed by atoms with E-state index in [4.69, 9.17) is 0 Å². The van der Waals surface area contributed by atoms with Crippen LogP contribution in [0.15, 0.2) is 121 Å². The molecule has 0 aliphatic carbocycles. The van der Waals surface area contributed by atoms with Crippen molar-refractivity contribution in [1.29, 1.82) is 0 Å². The zero-order valence-corrected chi connectivity index (χ0v) is 31.8. The van der Waals surface area contributed by atoms with Crippen molar-refractivity contribution in [3.05, 3.63) is 121 Å². The highest BCUT2D eigenvalue weighted by molar-refractivity contribution is 5.47. The van der Waals surface area contributed by atoms with Gasteiger partial charge in [-0.05, 0) is 88.1 Å². The van der Waals surface area contributed by atoms with Crippen molar-refractivity contribution in [3.8, 4) is 0 Å². The highest BCUT2D eigenvalue weighted by Gasteiger charge is 2.04. The molecule has 4 nitrogen and oxygen atoms in total. The molecule has 0 atom stereocenters. The van der Waals surface area contributed by atoms with Gasteiger partial charge >= 0.3 is 0 Å². The summed E-state index contributed by atoms with van der Waals surface area (Å²) < 4.78 is 0. The van der Waals surface area contributed by atoms with Gasteiger partial charge < -0.3 is 19.6 Å². The van der Waals surface area contributed by atoms with E-state index in [1.165, 1.54) is 74.4 Å². The van der Waals surface area contributed by atoms with Crippen molar-refractivity contribution in [2.75, 3.05) is 73.0 Å². The first-order chi connectivity index (χ1) is 23.4. The fourth-order valence-electron chi connectivity index (χ4n) is 5.21. The summed E-state index contributed by atoms with van der Waals surface area (Å²) in [6, 6.07) is 42.2. The minimum Gasteiger partial charge on any atom is -0.378 e. The van der Waals surface area contributed by atoms with Crippen molar-refractivity contribution >= 4 is 22.7 Å². The second-order valence-corrected chi connectivity index (χ2v) is 12.1. The second-order valence-electron chi connectivity index (χ2n) is 12.1. The Bertz CT molecular complexity index is 1200. The molecule has 0 N–H and O–H groups in total. The standard InChI is InChI=1S/C14H23N.C12H19N.C10H15N.C8H11N/c1-3-5-12-15(13-6-4-2)14-10-8-7-9-11-14;1-3-10-13(11-4-2)12-8-6-5-7-9-12;1-3-11(4-2)10-8-6-5-7-9-10;1-9(2)8-6-4-3-5-7-8/h7-11H,3-6,12-13H2,1-2H3;5-9H,3-4,10-11H2,1-2H3;5-9H,3-4H2,1-2H3;3-7H,1-2H3. The summed E-state index contributed by atoms with van der Waals surface area (Å²) in [4.78, 5) is 9.37. The average Bonchev–Trinajstić information content (AvgIpc) is 3.14. The number of hydrogen-bond acceptors (Lipinski definition) is 4. The number of anilines is 4. The molecule has 264 valence electrons. The Labute approximate surface area is 296 Å². The number of rotatable bonds is 16. The van der Waals surface area contributed by atoms with Crippen molar-refractivity contribution in [2.45, 2.75) is 80.1 Å². The van der Waals surface area contributed by atoms with Gasteiger partial charge in [0, 0.05) is 76.1 Å². The normalized spacial score (nSPS) is 9.83. The number of para-hydroxylation sites is 4. The van der Waals surface area contributed by atoms with Crippen LogP contribution in [0, 0.1) is 0 Å². The van der Waals surface area contributed by atoms with Crippen LogP contribution >= 0.6 is 0 Å². The highest BCUT2D eigenvalue weighted by atomic mass is 15.1. The van der Waals surface area contributed by atoms with Gasteiger partial charge in [0.15, 0.2) is 0 Å². The predicted octanol–water partition coefficient (Wildman–Crippen LogP) is 11.7. The lowest BCUT2D eigenvalue weighted by molar-refractivity contribution is 0.678. The first kappa shape index (κ1) is 42.1. The summed E-state index contributed by atoms with van der Waals surface area (Å²) in [5, 5.41) is 0. The lowest BCUT2D eigenvalue weighted by atomic mass is 10.2. The smallest absolute Gasteiger partial charge is 0.0366 e. The van der Waals surface area contributed by atoms with Crippen LogP contribution in [0.3, 0.4) is 0 Å². The zero-order valence-electron chi connectivity index (χ0n) is 31.8. The Morgan fingerprint density at radius 3 is 0.875 bits per heavy atom. The van der Waals surface area contributed by atoms with Gasteiger partial charge in [-0.25, -0.2) is 0 Å². The Kier molecular flexibility index (Phi) is 24.7. The van der Waals surface area contributed by atoms with Crippen LogP contribution in [0.25, 0.3) is 0 Å². The third-order valence-electron chi connectivity index (χ3n) is 7.95. The molecule has 0 amide bonds. The topological polar surface area (TPSA) is 13.0 Å². The van der Waals surface area contributed by atoms with Crippen LogP contribution in [-0.2, 0) is 0 Å². The molecule has 0 radical (unpaired) electrons. The molecule has 0 saturated heterocycles. The maximum atomic E-state index is 2.51. The first-order valence-corrected chi connectivity index (χ1v) is 18.6. The third kappa shape index (κ3) is 18.4. The molecule has 4 heteroatoms.